The van der Waals surface area contributed by atoms with E-state index >= 15 is 0 Å². The first-order valence-electron chi connectivity index (χ1n) is 5.36. The molecule has 9 heteroatoms. The van der Waals surface area contributed by atoms with Gasteiger partial charge >= 0.3 is 6.18 Å². The fourth-order valence-electron chi connectivity index (χ4n) is 1.32. The third-order valence-electron chi connectivity index (χ3n) is 2.13. The fourth-order valence-corrected chi connectivity index (χ4v) is 1.59. The van der Waals surface area contributed by atoms with Gasteiger partial charge in [-0.3, -0.25) is 9.59 Å². The third kappa shape index (κ3) is 5.45. The smallest absolute Gasteiger partial charge is 0.366 e. The number of anilines is 1. The Morgan fingerprint density at radius 1 is 1.30 bits per heavy atom. The Morgan fingerprint density at radius 3 is 2.45 bits per heavy atom. The molecule has 0 saturated heterocycles. The van der Waals surface area contributed by atoms with E-state index in [1.54, 1.807) is 0 Å². The quantitative estimate of drug-likeness (QED) is 0.771. The molecule has 0 saturated carbocycles. The van der Waals surface area contributed by atoms with Crippen LogP contribution >= 0.6 is 11.6 Å². The van der Waals surface area contributed by atoms with Crippen LogP contribution < -0.4 is 16.4 Å². The molecule has 0 aromatic heterocycles. The summed E-state index contributed by atoms with van der Waals surface area (Å²) in [6.45, 7) is -1.77. The standard InChI is InChI=1S/C11H11ClF3N3O2/c12-8-3-6(1-2-7(8)10(16)20)18-9(19)4-17-5-11(13,14)15/h1-3,17H,4-5H2,(H2,16,20)(H,18,19). The highest BCUT2D eigenvalue weighted by atomic mass is 35.5. The zero-order chi connectivity index (χ0) is 15.3. The van der Waals surface area contributed by atoms with Gasteiger partial charge in [-0.1, -0.05) is 11.6 Å². The number of halogens is 4. The lowest BCUT2D eigenvalue weighted by molar-refractivity contribution is -0.126. The Bertz CT molecular complexity index is 520. The zero-order valence-electron chi connectivity index (χ0n) is 10.1. The topological polar surface area (TPSA) is 84.2 Å². The van der Waals surface area contributed by atoms with Crippen LogP contribution in [0.1, 0.15) is 10.4 Å². The number of amides is 2. The van der Waals surface area contributed by atoms with Crippen molar-refractivity contribution in [2.45, 2.75) is 6.18 Å². The molecule has 0 atom stereocenters. The van der Waals surface area contributed by atoms with Crippen LogP contribution in [0, 0.1) is 0 Å². The summed E-state index contributed by atoms with van der Waals surface area (Å²) in [5.41, 5.74) is 5.38. The molecule has 0 radical (unpaired) electrons. The van der Waals surface area contributed by atoms with Gasteiger partial charge in [-0.25, -0.2) is 0 Å². The summed E-state index contributed by atoms with van der Waals surface area (Å²) < 4.78 is 35.6. The molecule has 0 unspecified atom stereocenters. The summed E-state index contributed by atoms with van der Waals surface area (Å²) in [4.78, 5) is 22.3. The molecule has 0 heterocycles. The van der Waals surface area contributed by atoms with Gasteiger partial charge in [0.25, 0.3) is 0 Å². The van der Waals surface area contributed by atoms with Crippen molar-refractivity contribution in [3.05, 3.63) is 28.8 Å². The van der Waals surface area contributed by atoms with Crippen molar-refractivity contribution in [1.29, 1.82) is 0 Å². The predicted molar refractivity (Wildman–Crippen MR) is 67.5 cm³/mol. The van der Waals surface area contributed by atoms with Crippen molar-refractivity contribution >= 4 is 29.1 Å². The minimum absolute atomic E-state index is 0.0403. The number of nitrogens with one attached hydrogen (secondary N) is 2. The number of nitrogens with two attached hydrogens (primary N) is 1. The van der Waals surface area contributed by atoms with Crippen molar-refractivity contribution in [1.82, 2.24) is 5.32 Å². The van der Waals surface area contributed by atoms with E-state index in [1.807, 2.05) is 5.32 Å². The lowest BCUT2D eigenvalue weighted by Crippen LogP contribution is -2.35. The number of benzene rings is 1. The third-order valence-corrected chi connectivity index (χ3v) is 2.44. The minimum atomic E-state index is -4.38. The fraction of sp³-hybridized carbons (Fsp3) is 0.273. The van der Waals surface area contributed by atoms with Crippen LogP contribution in [0.4, 0.5) is 18.9 Å². The van der Waals surface area contributed by atoms with Crippen LogP contribution in [0.3, 0.4) is 0 Å². The van der Waals surface area contributed by atoms with Gasteiger partial charge in [-0.15, -0.1) is 0 Å². The lowest BCUT2D eigenvalue weighted by Gasteiger charge is -2.09. The van der Waals surface area contributed by atoms with Gasteiger partial charge in [0.1, 0.15) is 0 Å². The monoisotopic (exact) mass is 309 g/mol. The van der Waals surface area contributed by atoms with E-state index in [9.17, 15) is 22.8 Å². The Morgan fingerprint density at radius 2 is 1.95 bits per heavy atom. The first-order chi connectivity index (χ1) is 9.19. The molecule has 0 bridgehead atoms. The SMILES string of the molecule is NC(=O)c1ccc(NC(=O)CNCC(F)(F)F)cc1Cl. The highest BCUT2D eigenvalue weighted by molar-refractivity contribution is 6.34. The summed E-state index contributed by atoms with van der Waals surface area (Å²) in [6.07, 6.45) is -4.38. The molecule has 1 aromatic rings. The van der Waals surface area contributed by atoms with Gasteiger partial charge in [0.05, 0.1) is 23.7 Å². The molecular weight excluding hydrogens is 299 g/mol. The summed E-state index contributed by atoms with van der Waals surface area (Å²) in [6, 6.07) is 3.96. The molecule has 1 aromatic carbocycles. The van der Waals surface area contributed by atoms with Gasteiger partial charge in [0.2, 0.25) is 11.8 Å². The summed E-state index contributed by atoms with van der Waals surface area (Å²) in [5.74, 6) is -1.39. The summed E-state index contributed by atoms with van der Waals surface area (Å²) in [7, 11) is 0. The Labute approximate surface area is 117 Å². The first-order valence-corrected chi connectivity index (χ1v) is 5.73. The second-order valence-electron chi connectivity index (χ2n) is 3.83. The van der Waals surface area contributed by atoms with Crippen LogP contribution in [-0.2, 0) is 4.79 Å². The molecular formula is C11H11ClF3N3O2. The van der Waals surface area contributed by atoms with Crippen LogP contribution in [0.15, 0.2) is 18.2 Å². The normalized spacial score (nSPS) is 11.2. The molecule has 0 aliphatic rings. The molecule has 0 fully saturated rings. The van der Waals surface area contributed by atoms with Crippen LogP contribution in [-0.4, -0.2) is 31.1 Å². The van der Waals surface area contributed by atoms with Gasteiger partial charge in [0.15, 0.2) is 0 Å². The molecule has 110 valence electrons. The zero-order valence-corrected chi connectivity index (χ0v) is 10.8. The maximum absolute atomic E-state index is 11.9. The average Bonchev–Trinajstić information content (AvgIpc) is 2.26. The number of alkyl halides is 3. The van der Waals surface area contributed by atoms with Gasteiger partial charge in [-0.2, -0.15) is 13.2 Å². The molecule has 0 aliphatic carbocycles. The number of primary amides is 1. The van der Waals surface area contributed by atoms with Crippen LogP contribution in [0.2, 0.25) is 5.02 Å². The number of hydrogen-bond donors (Lipinski definition) is 3. The van der Waals surface area contributed by atoms with Crippen molar-refractivity contribution in [3.8, 4) is 0 Å². The highest BCUT2D eigenvalue weighted by Gasteiger charge is 2.26. The van der Waals surface area contributed by atoms with E-state index in [-0.39, 0.29) is 16.3 Å². The Balaban J connectivity index is 2.54. The maximum Gasteiger partial charge on any atom is 0.401 e. The Hall–Kier alpha value is -1.80. The van der Waals surface area contributed by atoms with Crippen molar-refractivity contribution in [3.63, 3.8) is 0 Å². The van der Waals surface area contributed by atoms with Crippen molar-refractivity contribution in [2.24, 2.45) is 5.73 Å². The van der Waals surface area contributed by atoms with Gasteiger partial charge in [0, 0.05) is 5.69 Å². The second kappa shape index (κ2) is 6.58. The van der Waals surface area contributed by atoms with Crippen molar-refractivity contribution in [2.75, 3.05) is 18.4 Å². The molecule has 1 rings (SSSR count). The highest BCUT2D eigenvalue weighted by Crippen LogP contribution is 2.20. The van der Waals surface area contributed by atoms with Gasteiger partial charge in [-0.05, 0) is 18.2 Å². The van der Waals surface area contributed by atoms with E-state index in [2.05, 4.69) is 5.32 Å². The maximum atomic E-state index is 11.9. The molecule has 0 spiro atoms. The average molecular weight is 310 g/mol. The van der Waals surface area contributed by atoms with Crippen LogP contribution in [0.5, 0.6) is 0 Å². The van der Waals surface area contributed by atoms with E-state index in [0.717, 1.165) is 0 Å². The second-order valence-corrected chi connectivity index (χ2v) is 4.23. The number of rotatable bonds is 5. The first kappa shape index (κ1) is 16.3. The van der Waals surface area contributed by atoms with Crippen LogP contribution in [0.25, 0.3) is 0 Å². The molecule has 0 aliphatic heterocycles. The summed E-state index contributed by atoms with van der Waals surface area (Å²) >= 11 is 5.76. The molecule has 4 N–H and O–H groups in total. The molecule has 20 heavy (non-hydrogen) atoms. The van der Waals surface area contributed by atoms with E-state index in [1.165, 1.54) is 18.2 Å². The van der Waals surface area contributed by atoms with E-state index in [4.69, 9.17) is 17.3 Å². The van der Waals surface area contributed by atoms with E-state index < -0.39 is 31.1 Å². The summed E-state index contributed by atoms with van der Waals surface area (Å²) in [5, 5.41) is 4.32. The lowest BCUT2D eigenvalue weighted by atomic mass is 10.2. The molecule has 2 amide bonds. The van der Waals surface area contributed by atoms with E-state index in [0.29, 0.717) is 0 Å². The Kier molecular flexibility index (Phi) is 5.34. The largest absolute Gasteiger partial charge is 0.401 e. The van der Waals surface area contributed by atoms with Crippen molar-refractivity contribution < 1.29 is 22.8 Å². The van der Waals surface area contributed by atoms with Gasteiger partial charge < -0.3 is 16.4 Å². The minimum Gasteiger partial charge on any atom is -0.366 e. The predicted octanol–water partition coefficient (Wildman–Crippen LogP) is 1.53. The molecule has 5 nitrogen and oxygen atoms in total. The number of carbonyl (C=O) groups is 2. The number of hydrogen-bond acceptors (Lipinski definition) is 3. The number of carbonyl (C=O) groups excluding carboxylic acids is 2.